The number of aromatic carboxylic acids is 1. The summed E-state index contributed by atoms with van der Waals surface area (Å²) in [6.07, 6.45) is 3.22. The minimum atomic E-state index is -1.09. The van der Waals surface area contributed by atoms with E-state index < -0.39 is 5.97 Å². The molecule has 0 spiro atoms. The number of hydrogen-bond donors (Lipinski definition) is 1. The third-order valence-corrected chi connectivity index (χ3v) is 3.10. The first-order valence-corrected chi connectivity index (χ1v) is 5.68. The van der Waals surface area contributed by atoms with Gasteiger partial charge in [-0.25, -0.2) is 4.79 Å². The van der Waals surface area contributed by atoms with Crippen molar-refractivity contribution < 1.29 is 19.1 Å². The lowest BCUT2D eigenvalue weighted by molar-refractivity contribution is -0.138. The second kappa shape index (κ2) is 4.61. The van der Waals surface area contributed by atoms with Gasteiger partial charge in [-0.3, -0.25) is 4.79 Å². The molecule has 1 aliphatic rings. The van der Waals surface area contributed by atoms with Crippen LogP contribution < -0.4 is 0 Å². The maximum atomic E-state index is 11.9. The molecule has 5 heteroatoms. The Hall–Kier alpha value is -1.78. The van der Waals surface area contributed by atoms with Crippen molar-refractivity contribution >= 4 is 11.9 Å². The summed E-state index contributed by atoms with van der Waals surface area (Å²) in [5, 5.41) is 8.90. The summed E-state index contributed by atoms with van der Waals surface area (Å²) in [5.74, 6) is -1.05. The molecule has 1 unspecified atom stereocenters. The highest BCUT2D eigenvalue weighted by Crippen LogP contribution is 2.21. The number of carboxylic acid groups (broad SMARTS) is 1. The number of amides is 1. The topological polar surface area (TPSA) is 70.8 Å². The predicted octanol–water partition coefficient (Wildman–Crippen LogP) is 1.74. The molecule has 0 aromatic carbocycles. The lowest BCUT2D eigenvalue weighted by Crippen LogP contribution is -2.39. The summed E-state index contributed by atoms with van der Waals surface area (Å²) in [7, 11) is 0. The van der Waals surface area contributed by atoms with Crippen molar-refractivity contribution in [1.82, 2.24) is 4.90 Å². The molecule has 1 saturated heterocycles. The number of carboxylic acids is 1. The molecule has 1 atom stereocenters. The summed E-state index contributed by atoms with van der Waals surface area (Å²) >= 11 is 0. The van der Waals surface area contributed by atoms with Crippen LogP contribution in [0.4, 0.5) is 0 Å². The van der Waals surface area contributed by atoms with Crippen LogP contribution >= 0.6 is 0 Å². The van der Waals surface area contributed by atoms with Crippen molar-refractivity contribution in [2.24, 2.45) is 5.92 Å². The molecule has 0 bridgehead atoms. The van der Waals surface area contributed by atoms with Crippen molar-refractivity contribution in [3.63, 3.8) is 0 Å². The van der Waals surface area contributed by atoms with Crippen LogP contribution in [-0.4, -0.2) is 28.4 Å². The number of likely N-dealkylation sites (tertiary alicyclic amines) is 1. The lowest BCUT2D eigenvalue weighted by Gasteiger charge is -2.30. The molecule has 0 aliphatic carbocycles. The minimum Gasteiger partial charge on any atom is -0.475 e. The quantitative estimate of drug-likeness (QED) is 0.869. The van der Waals surface area contributed by atoms with Crippen LogP contribution in [0.3, 0.4) is 0 Å². The van der Waals surface area contributed by atoms with Gasteiger partial charge in [-0.2, -0.15) is 0 Å². The number of rotatable bonds is 3. The summed E-state index contributed by atoms with van der Waals surface area (Å²) in [4.78, 5) is 24.5. The number of furan rings is 1. The largest absolute Gasteiger partial charge is 0.475 e. The molecule has 1 fully saturated rings. The van der Waals surface area contributed by atoms with Gasteiger partial charge in [0.05, 0.1) is 6.26 Å². The molecule has 1 amide bonds. The first kappa shape index (κ1) is 11.7. The van der Waals surface area contributed by atoms with E-state index in [9.17, 15) is 9.59 Å². The Morgan fingerprint density at radius 2 is 2.41 bits per heavy atom. The second-order valence-electron chi connectivity index (χ2n) is 4.38. The van der Waals surface area contributed by atoms with Crippen LogP contribution in [0.25, 0.3) is 0 Å². The van der Waals surface area contributed by atoms with Gasteiger partial charge in [0.1, 0.15) is 0 Å². The number of piperidine rings is 1. The summed E-state index contributed by atoms with van der Waals surface area (Å²) < 4.78 is 4.89. The van der Waals surface area contributed by atoms with Gasteiger partial charge in [0, 0.05) is 24.6 Å². The van der Waals surface area contributed by atoms with E-state index >= 15 is 0 Å². The maximum absolute atomic E-state index is 11.9. The molecule has 1 aromatic heterocycles. The molecule has 2 heterocycles. The molecule has 17 heavy (non-hydrogen) atoms. The van der Waals surface area contributed by atoms with Crippen LogP contribution in [0.5, 0.6) is 0 Å². The van der Waals surface area contributed by atoms with Crippen molar-refractivity contribution in [3.05, 3.63) is 23.7 Å². The van der Waals surface area contributed by atoms with Gasteiger partial charge in [0.15, 0.2) is 0 Å². The molecule has 1 N–H and O–H groups in total. The molecule has 2 rings (SSSR count). The van der Waals surface area contributed by atoms with Crippen LogP contribution in [0.2, 0.25) is 0 Å². The molecule has 0 saturated carbocycles. The van der Waals surface area contributed by atoms with E-state index in [1.165, 1.54) is 6.26 Å². The average Bonchev–Trinajstić information content (AvgIpc) is 2.73. The van der Waals surface area contributed by atoms with Crippen LogP contribution in [-0.2, 0) is 11.3 Å². The van der Waals surface area contributed by atoms with E-state index in [-0.39, 0.29) is 17.6 Å². The van der Waals surface area contributed by atoms with Gasteiger partial charge in [0.2, 0.25) is 11.7 Å². The van der Waals surface area contributed by atoms with Crippen molar-refractivity contribution in [2.75, 3.05) is 6.54 Å². The molecule has 5 nitrogen and oxygen atoms in total. The third-order valence-electron chi connectivity index (χ3n) is 3.10. The summed E-state index contributed by atoms with van der Waals surface area (Å²) in [5.41, 5.74) is 0.556. The molecular formula is C12H15NO4. The molecule has 0 radical (unpaired) electrons. The van der Waals surface area contributed by atoms with Crippen LogP contribution in [0.15, 0.2) is 16.7 Å². The van der Waals surface area contributed by atoms with Crippen LogP contribution in [0.1, 0.15) is 35.9 Å². The first-order chi connectivity index (χ1) is 8.09. The Bertz CT molecular complexity index is 437. The number of hydrogen-bond acceptors (Lipinski definition) is 3. The third kappa shape index (κ3) is 2.33. The zero-order chi connectivity index (χ0) is 12.4. The van der Waals surface area contributed by atoms with Crippen molar-refractivity contribution in [1.29, 1.82) is 0 Å². The van der Waals surface area contributed by atoms with Gasteiger partial charge >= 0.3 is 5.97 Å². The summed E-state index contributed by atoms with van der Waals surface area (Å²) in [6.45, 7) is 2.91. The maximum Gasteiger partial charge on any atom is 0.372 e. The first-order valence-electron chi connectivity index (χ1n) is 5.68. The highest BCUT2D eigenvalue weighted by Gasteiger charge is 2.26. The Balaban J connectivity index is 2.12. The molecular weight excluding hydrogens is 222 g/mol. The minimum absolute atomic E-state index is 0.0314. The molecule has 92 valence electrons. The monoisotopic (exact) mass is 237 g/mol. The Kier molecular flexibility index (Phi) is 3.17. The fourth-order valence-electron chi connectivity index (χ4n) is 2.14. The van der Waals surface area contributed by atoms with E-state index in [1.807, 2.05) is 6.92 Å². The Morgan fingerprint density at radius 1 is 1.65 bits per heavy atom. The fraction of sp³-hybridized carbons (Fsp3) is 0.500. The summed E-state index contributed by atoms with van der Waals surface area (Å²) in [6, 6.07) is 1.61. The van der Waals surface area contributed by atoms with E-state index in [2.05, 4.69) is 0 Å². The normalized spacial score (nSPS) is 20.6. The van der Waals surface area contributed by atoms with Gasteiger partial charge < -0.3 is 14.4 Å². The van der Waals surface area contributed by atoms with Crippen molar-refractivity contribution in [3.8, 4) is 0 Å². The Labute approximate surface area is 99.0 Å². The van der Waals surface area contributed by atoms with Gasteiger partial charge in [-0.15, -0.1) is 0 Å². The van der Waals surface area contributed by atoms with E-state index in [0.29, 0.717) is 18.7 Å². The SMILES string of the molecule is CC1CCCN(Cc2ccoc2C(=O)O)C1=O. The van der Waals surface area contributed by atoms with E-state index in [4.69, 9.17) is 9.52 Å². The van der Waals surface area contributed by atoms with Gasteiger partial charge in [0.25, 0.3) is 0 Å². The number of carbonyl (C=O) groups is 2. The number of carbonyl (C=O) groups excluding carboxylic acids is 1. The van der Waals surface area contributed by atoms with Crippen molar-refractivity contribution in [2.45, 2.75) is 26.3 Å². The van der Waals surface area contributed by atoms with Gasteiger partial charge in [-0.1, -0.05) is 6.92 Å². The van der Waals surface area contributed by atoms with E-state index in [0.717, 1.165) is 12.8 Å². The van der Waals surface area contributed by atoms with Gasteiger partial charge in [-0.05, 0) is 18.9 Å². The standard InChI is InChI=1S/C12H15NO4/c1-8-3-2-5-13(11(8)14)7-9-4-6-17-10(9)12(15)16/h4,6,8H,2-3,5,7H2,1H3,(H,15,16). The zero-order valence-electron chi connectivity index (χ0n) is 9.68. The second-order valence-corrected chi connectivity index (χ2v) is 4.38. The predicted molar refractivity (Wildman–Crippen MR) is 59.5 cm³/mol. The smallest absolute Gasteiger partial charge is 0.372 e. The highest BCUT2D eigenvalue weighted by atomic mass is 16.4. The van der Waals surface area contributed by atoms with E-state index in [1.54, 1.807) is 11.0 Å². The molecule has 1 aromatic rings. The lowest BCUT2D eigenvalue weighted by atomic mass is 9.99. The zero-order valence-corrected chi connectivity index (χ0v) is 9.68. The average molecular weight is 237 g/mol. The fourth-order valence-corrected chi connectivity index (χ4v) is 2.14. The Morgan fingerprint density at radius 3 is 3.12 bits per heavy atom. The number of nitrogens with zero attached hydrogens (tertiary/aromatic N) is 1. The van der Waals surface area contributed by atoms with Crippen LogP contribution in [0, 0.1) is 5.92 Å². The molecule has 1 aliphatic heterocycles. The highest BCUT2D eigenvalue weighted by molar-refractivity contribution is 5.86.